The van der Waals surface area contributed by atoms with Gasteiger partial charge in [0.15, 0.2) is 11.6 Å². The molecule has 0 heterocycles. The van der Waals surface area contributed by atoms with Crippen LogP contribution in [-0.4, -0.2) is 12.3 Å². The van der Waals surface area contributed by atoms with Gasteiger partial charge in [0.05, 0.1) is 5.92 Å². The summed E-state index contributed by atoms with van der Waals surface area (Å²) in [6.07, 6.45) is 6.30. The van der Waals surface area contributed by atoms with Gasteiger partial charge in [-0.15, -0.1) is 13.2 Å². The van der Waals surface area contributed by atoms with Gasteiger partial charge in [-0.25, -0.2) is 4.39 Å². The molecule has 2 aliphatic carbocycles. The van der Waals surface area contributed by atoms with Crippen LogP contribution in [0.2, 0.25) is 0 Å². The van der Waals surface area contributed by atoms with Crippen LogP contribution >= 0.6 is 0 Å². The highest BCUT2D eigenvalue weighted by Crippen LogP contribution is 2.42. The Kier molecular flexibility index (Phi) is 7.64. The lowest BCUT2D eigenvalue weighted by Crippen LogP contribution is -2.30. The predicted octanol–water partition coefficient (Wildman–Crippen LogP) is 7.04. The normalized spacial score (nSPS) is 27.5. The molecule has 1 aromatic carbocycles. The van der Waals surface area contributed by atoms with Gasteiger partial charge in [-0.05, 0) is 68.4 Å². The Morgan fingerprint density at radius 3 is 2.13 bits per heavy atom. The van der Waals surface area contributed by atoms with Crippen molar-refractivity contribution < 1.29 is 31.8 Å². The van der Waals surface area contributed by atoms with E-state index >= 15 is 0 Å². The third kappa shape index (κ3) is 6.35. The van der Waals surface area contributed by atoms with Gasteiger partial charge < -0.3 is 9.47 Å². The number of carbonyl (C=O) groups is 1. The molecule has 2 aliphatic rings. The first-order valence-corrected chi connectivity index (χ1v) is 11.0. The van der Waals surface area contributed by atoms with Crippen molar-refractivity contribution in [3.8, 4) is 11.5 Å². The number of benzene rings is 1. The monoisotopic (exact) mass is 430 g/mol. The van der Waals surface area contributed by atoms with Crippen molar-refractivity contribution in [1.29, 1.82) is 0 Å². The number of hydrogen-bond acceptors (Lipinski definition) is 3. The Morgan fingerprint density at radius 2 is 1.60 bits per heavy atom. The van der Waals surface area contributed by atoms with Gasteiger partial charge in [-0.3, -0.25) is 4.79 Å². The van der Waals surface area contributed by atoms with E-state index in [-0.39, 0.29) is 11.7 Å². The fourth-order valence-electron chi connectivity index (χ4n) is 5.13. The van der Waals surface area contributed by atoms with E-state index < -0.39 is 23.9 Å². The van der Waals surface area contributed by atoms with Crippen molar-refractivity contribution in [2.45, 2.75) is 77.5 Å². The summed E-state index contributed by atoms with van der Waals surface area (Å²) in [6.45, 7) is 2.24. The number of carbonyl (C=O) groups excluding carboxylic acids is 1. The van der Waals surface area contributed by atoms with Crippen LogP contribution in [0, 0.1) is 29.5 Å². The smallest absolute Gasteiger partial charge is 0.426 e. The van der Waals surface area contributed by atoms with Crippen molar-refractivity contribution in [1.82, 2.24) is 0 Å². The van der Waals surface area contributed by atoms with Crippen LogP contribution in [0.1, 0.15) is 71.1 Å². The molecule has 1 aromatic rings. The number of halogens is 4. The third-order valence-corrected chi connectivity index (χ3v) is 6.71. The van der Waals surface area contributed by atoms with Gasteiger partial charge in [0.25, 0.3) is 0 Å². The van der Waals surface area contributed by atoms with E-state index in [9.17, 15) is 22.4 Å². The molecule has 3 nitrogen and oxygen atoms in total. The van der Waals surface area contributed by atoms with Crippen LogP contribution in [0.15, 0.2) is 18.2 Å². The quantitative estimate of drug-likeness (QED) is 0.276. The molecule has 0 saturated heterocycles. The Hall–Kier alpha value is -1.79. The molecule has 2 fully saturated rings. The fraction of sp³-hybridized carbons (Fsp3) is 0.696. The van der Waals surface area contributed by atoms with Crippen molar-refractivity contribution >= 4 is 5.97 Å². The standard InChI is InChI=1S/C23H30F4O3/c1-2-3-15-4-6-16(7-5-15)17-8-10-18(11-9-17)22(28)29-19-12-13-21(20(24)14-19)30-23(25,26)27/h12-18H,2-11H2,1H3. The van der Waals surface area contributed by atoms with E-state index in [1.54, 1.807) is 0 Å². The number of ether oxygens (including phenoxy) is 2. The number of alkyl halides is 3. The molecule has 168 valence electrons. The molecule has 0 unspecified atom stereocenters. The minimum Gasteiger partial charge on any atom is -0.426 e. The lowest BCUT2D eigenvalue weighted by Gasteiger charge is -2.37. The van der Waals surface area contributed by atoms with Crippen molar-refractivity contribution in [3.05, 3.63) is 24.0 Å². The van der Waals surface area contributed by atoms with E-state index in [0.717, 1.165) is 55.7 Å². The molecule has 30 heavy (non-hydrogen) atoms. The lowest BCUT2D eigenvalue weighted by molar-refractivity contribution is -0.275. The number of rotatable bonds is 6. The van der Waals surface area contributed by atoms with Gasteiger partial charge in [0, 0.05) is 6.07 Å². The van der Waals surface area contributed by atoms with Crippen molar-refractivity contribution in [2.75, 3.05) is 0 Å². The first kappa shape index (κ1) is 22.9. The molecule has 0 N–H and O–H groups in total. The molecule has 0 atom stereocenters. The molecule has 0 bridgehead atoms. The maximum absolute atomic E-state index is 13.8. The zero-order valence-electron chi connectivity index (χ0n) is 17.3. The summed E-state index contributed by atoms with van der Waals surface area (Å²) in [5, 5.41) is 0. The SMILES string of the molecule is CCCC1CCC(C2CCC(C(=O)Oc3ccc(OC(F)(F)F)c(F)c3)CC2)CC1. The van der Waals surface area contributed by atoms with E-state index in [1.807, 2.05) is 0 Å². The number of hydrogen-bond donors (Lipinski definition) is 0. The second kappa shape index (κ2) is 10.0. The summed E-state index contributed by atoms with van der Waals surface area (Å²) in [5.41, 5.74) is 0. The van der Waals surface area contributed by atoms with E-state index in [2.05, 4.69) is 11.7 Å². The second-order valence-electron chi connectivity index (χ2n) is 8.74. The molecule has 0 amide bonds. The Bertz CT molecular complexity index is 703. The summed E-state index contributed by atoms with van der Waals surface area (Å²) < 4.78 is 59.3. The summed E-state index contributed by atoms with van der Waals surface area (Å²) in [7, 11) is 0. The number of esters is 1. The highest BCUT2D eigenvalue weighted by Gasteiger charge is 2.34. The van der Waals surface area contributed by atoms with Crippen molar-refractivity contribution in [3.63, 3.8) is 0 Å². The van der Waals surface area contributed by atoms with Crippen LogP contribution in [0.3, 0.4) is 0 Å². The van der Waals surface area contributed by atoms with Gasteiger partial charge >= 0.3 is 12.3 Å². The molecule has 0 aromatic heterocycles. The minimum absolute atomic E-state index is 0.108. The van der Waals surface area contributed by atoms with Crippen LogP contribution in [-0.2, 0) is 4.79 Å². The van der Waals surface area contributed by atoms with Crippen LogP contribution in [0.25, 0.3) is 0 Å². The average molecular weight is 430 g/mol. The zero-order valence-corrected chi connectivity index (χ0v) is 17.3. The van der Waals surface area contributed by atoms with Gasteiger partial charge in [-0.1, -0.05) is 32.6 Å². The first-order chi connectivity index (χ1) is 14.2. The summed E-state index contributed by atoms with van der Waals surface area (Å²) in [4.78, 5) is 12.4. The molecule has 3 rings (SSSR count). The predicted molar refractivity (Wildman–Crippen MR) is 105 cm³/mol. The molecule has 0 spiro atoms. The molecule has 2 saturated carbocycles. The summed E-state index contributed by atoms with van der Waals surface area (Å²) in [6, 6.07) is 2.68. The average Bonchev–Trinajstić information content (AvgIpc) is 2.70. The molecular formula is C23H30F4O3. The molecule has 7 heteroatoms. The zero-order chi connectivity index (χ0) is 21.7. The Balaban J connectivity index is 1.46. The third-order valence-electron chi connectivity index (χ3n) is 6.71. The fourth-order valence-corrected chi connectivity index (χ4v) is 5.13. The Morgan fingerprint density at radius 1 is 1.00 bits per heavy atom. The second-order valence-corrected chi connectivity index (χ2v) is 8.74. The minimum atomic E-state index is -4.98. The van der Waals surface area contributed by atoms with E-state index in [0.29, 0.717) is 5.92 Å². The van der Waals surface area contributed by atoms with Crippen LogP contribution in [0.5, 0.6) is 11.5 Å². The van der Waals surface area contributed by atoms with Gasteiger partial charge in [-0.2, -0.15) is 0 Å². The van der Waals surface area contributed by atoms with Gasteiger partial charge in [0.2, 0.25) is 0 Å². The Labute approximate surface area is 175 Å². The summed E-state index contributed by atoms with van der Waals surface area (Å²) >= 11 is 0. The van der Waals surface area contributed by atoms with E-state index in [4.69, 9.17) is 4.74 Å². The van der Waals surface area contributed by atoms with Crippen molar-refractivity contribution in [2.24, 2.45) is 23.7 Å². The van der Waals surface area contributed by atoms with Gasteiger partial charge in [0.1, 0.15) is 5.75 Å². The largest absolute Gasteiger partial charge is 0.573 e. The molecule has 0 radical (unpaired) electrons. The maximum atomic E-state index is 13.8. The molecular weight excluding hydrogens is 400 g/mol. The lowest BCUT2D eigenvalue weighted by atomic mass is 9.69. The van der Waals surface area contributed by atoms with Crippen LogP contribution in [0.4, 0.5) is 17.6 Å². The summed E-state index contributed by atoms with van der Waals surface area (Å²) in [5.74, 6) is -0.667. The highest BCUT2D eigenvalue weighted by molar-refractivity contribution is 5.75. The molecule has 0 aliphatic heterocycles. The topological polar surface area (TPSA) is 35.5 Å². The highest BCUT2D eigenvalue weighted by atomic mass is 19.4. The van der Waals surface area contributed by atoms with E-state index in [1.165, 1.54) is 38.5 Å². The maximum Gasteiger partial charge on any atom is 0.573 e. The first-order valence-electron chi connectivity index (χ1n) is 11.0. The van der Waals surface area contributed by atoms with Crippen LogP contribution < -0.4 is 9.47 Å².